The Morgan fingerprint density at radius 2 is 1.77 bits per heavy atom. The number of nitrogens with zero attached hydrogens (tertiary/aromatic N) is 1. The van der Waals surface area contributed by atoms with Gasteiger partial charge >= 0.3 is 0 Å². The van der Waals surface area contributed by atoms with Gasteiger partial charge in [0.2, 0.25) is 0 Å². The second kappa shape index (κ2) is 5.61. The summed E-state index contributed by atoms with van der Waals surface area (Å²) in [5, 5.41) is 0. The van der Waals surface area contributed by atoms with Gasteiger partial charge in [0.05, 0.1) is 0 Å². The largest absolute Gasteiger partial charge is 0.328 e. The van der Waals surface area contributed by atoms with Gasteiger partial charge in [0.25, 0.3) is 0 Å². The molecule has 0 aliphatic rings. The summed E-state index contributed by atoms with van der Waals surface area (Å²) in [5.74, 6) is 0. The molecule has 0 saturated heterocycles. The number of hydrogen-bond donors (Lipinski definition) is 1. The van der Waals surface area contributed by atoms with Crippen molar-refractivity contribution in [2.24, 2.45) is 11.1 Å². The molecule has 0 saturated carbocycles. The Hall–Kier alpha value is -0.0800. The second-order valence-corrected chi connectivity index (χ2v) is 5.23. The van der Waals surface area contributed by atoms with Gasteiger partial charge in [-0.05, 0) is 52.2 Å². The highest BCUT2D eigenvalue weighted by Crippen LogP contribution is 2.27. The molecular formula is C11H26N2. The molecule has 0 bridgehead atoms. The van der Waals surface area contributed by atoms with Crippen molar-refractivity contribution in [3.8, 4) is 0 Å². The molecule has 0 fully saturated rings. The standard InChI is InChI=1S/C11H26N2/c1-10(12)6-7-11(2,3)8-9-13(4)5/h10H,6-9,12H2,1-5H3. The van der Waals surface area contributed by atoms with E-state index >= 15 is 0 Å². The van der Waals surface area contributed by atoms with Gasteiger partial charge in [-0.25, -0.2) is 0 Å². The Labute approximate surface area is 83.5 Å². The van der Waals surface area contributed by atoms with E-state index in [0.29, 0.717) is 11.5 Å². The van der Waals surface area contributed by atoms with Gasteiger partial charge in [0, 0.05) is 6.04 Å². The van der Waals surface area contributed by atoms with Crippen LogP contribution in [0.5, 0.6) is 0 Å². The zero-order valence-corrected chi connectivity index (χ0v) is 9.93. The number of rotatable bonds is 6. The lowest BCUT2D eigenvalue weighted by molar-refractivity contribution is 0.248. The van der Waals surface area contributed by atoms with Gasteiger partial charge in [-0.15, -0.1) is 0 Å². The van der Waals surface area contributed by atoms with Crippen LogP contribution < -0.4 is 5.73 Å². The SMILES string of the molecule is CC(N)CCC(C)(C)CCN(C)C. The third kappa shape index (κ3) is 8.26. The van der Waals surface area contributed by atoms with Gasteiger partial charge in [-0.2, -0.15) is 0 Å². The Balaban J connectivity index is 3.66. The van der Waals surface area contributed by atoms with Crippen molar-refractivity contribution in [3.63, 3.8) is 0 Å². The fraction of sp³-hybridized carbons (Fsp3) is 1.00. The van der Waals surface area contributed by atoms with Gasteiger partial charge in [-0.3, -0.25) is 0 Å². The quantitative estimate of drug-likeness (QED) is 0.688. The van der Waals surface area contributed by atoms with Crippen LogP contribution in [0.4, 0.5) is 0 Å². The first kappa shape index (κ1) is 12.9. The van der Waals surface area contributed by atoms with E-state index in [4.69, 9.17) is 5.73 Å². The summed E-state index contributed by atoms with van der Waals surface area (Å²) < 4.78 is 0. The minimum Gasteiger partial charge on any atom is -0.328 e. The van der Waals surface area contributed by atoms with Crippen molar-refractivity contribution in [2.45, 2.75) is 46.1 Å². The number of nitrogens with two attached hydrogens (primary N) is 1. The molecular weight excluding hydrogens is 160 g/mol. The van der Waals surface area contributed by atoms with Crippen molar-refractivity contribution in [1.29, 1.82) is 0 Å². The maximum absolute atomic E-state index is 5.75. The summed E-state index contributed by atoms with van der Waals surface area (Å²) in [5.41, 5.74) is 6.19. The predicted molar refractivity (Wildman–Crippen MR) is 59.8 cm³/mol. The molecule has 0 aromatic carbocycles. The second-order valence-electron chi connectivity index (χ2n) is 5.23. The van der Waals surface area contributed by atoms with Crippen molar-refractivity contribution in [2.75, 3.05) is 20.6 Å². The molecule has 80 valence electrons. The van der Waals surface area contributed by atoms with E-state index in [-0.39, 0.29) is 0 Å². The molecule has 0 rings (SSSR count). The first-order chi connectivity index (χ1) is 5.83. The summed E-state index contributed by atoms with van der Waals surface area (Å²) in [6.45, 7) is 7.92. The minimum atomic E-state index is 0.346. The Bertz CT molecular complexity index is 114. The molecule has 2 nitrogen and oxygen atoms in total. The smallest absolute Gasteiger partial charge is 0.00106 e. The normalized spacial score (nSPS) is 15.0. The summed E-state index contributed by atoms with van der Waals surface area (Å²) in [4.78, 5) is 2.24. The van der Waals surface area contributed by atoms with Crippen LogP contribution in [0.2, 0.25) is 0 Å². The monoisotopic (exact) mass is 186 g/mol. The van der Waals surface area contributed by atoms with Crippen LogP contribution in [0, 0.1) is 5.41 Å². The highest BCUT2D eigenvalue weighted by Gasteiger charge is 2.17. The number of hydrogen-bond acceptors (Lipinski definition) is 2. The third-order valence-electron chi connectivity index (χ3n) is 2.51. The molecule has 0 aliphatic carbocycles. The highest BCUT2D eigenvalue weighted by atomic mass is 15.0. The lowest BCUT2D eigenvalue weighted by Crippen LogP contribution is -2.24. The van der Waals surface area contributed by atoms with Gasteiger partial charge < -0.3 is 10.6 Å². The molecule has 0 aromatic rings. The van der Waals surface area contributed by atoms with Crippen LogP contribution in [0.1, 0.15) is 40.0 Å². The molecule has 1 atom stereocenters. The minimum absolute atomic E-state index is 0.346. The van der Waals surface area contributed by atoms with Crippen molar-refractivity contribution in [1.82, 2.24) is 4.90 Å². The molecule has 0 aliphatic heterocycles. The van der Waals surface area contributed by atoms with Crippen LogP contribution in [-0.2, 0) is 0 Å². The molecule has 1 unspecified atom stereocenters. The lowest BCUT2D eigenvalue weighted by atomic mass is 9.83. The summed E-state index contributed by atoms with van der Waals surface area (Å²) in [6, 6.07) is 0.346. The Kier molecular flexibility index (Phi) is 5.57. The van der Waals surface area contributed by atoms with E-state index in [1.54, 1.807) is 0 Å². The van der Waals surface area contributed by atoms with E-state index in [0.717, 1.165) is 6.42 Å². The Morgan fingerprint density at radius 1 is 1.23 bits per heavy atom. The molecule has 2 heteroatoms. The van der Waals surface area contributed by atoms with Crippen LogP contribution in [0.15, 0.2) is 0 Å². The third-order valence-corrected chi connectivity index (χ3v) is 2.51. The summed E-state index contributed by atoms with van der Waals surface area (Å²) in [6.07, 6.45) is 3.63. The van der Waals surface area contributed by atoms with Gasteiger partial charge in [-0.1, -0.05) is 13.8 Å². The maximum Gasteiger partial charge on any atom is 0.00106 e. The fourth-order valence-corrected chi connectivity index (χ4v) is 1.27. The van der Waals surface area contributed by atoms with Gasteiger partial charge in [0.1, 0.15) is 0 Å². The van der Waals surface area contributed by atoms with E-state index in [1.807, 2.05) is 0 Å². The lowest BCUT2D eigenvalue weighted by Gasteiger charge is -2.27. The molecule has 2 N–H and O–H groups in total. The van der Waals surface area contributed by atoms with Crippen LogP contribution in [0.25, 0.3) is 0 Å². The van der Waals surface area contributed by atoms with E-state index in [1.165, 1.54) is 19.4 Å². The zero-order chi connectivity index (χ0) is 10.5. The highest BCUT2D eigenvalue weighted by molar-refractivity contribution is 4.71. The fourth-order valence-electron chi connectivity index (χ4n) is 1.27. The summed E-state index contributed by atoms with van der Waals surface area (Å²) >= 11 is 0. The molecule has 0 aromatic heterocycles. The molecule has 0 radical (unpaired) electrons. The van der Waals surface area contributed by atoms with Crippen molar-refractivity contribution < 1.29 is 0 Å². The zero-order valence-electron chi connectivity index (χ0n) is 9.93. The van der Waals surface area contributed by atoms with E-state index in [2.05, 4.69) is 39.8 Å². The van der Waals surface area contributed by atoms with Crippen LogP contribution >= 0.6 is 0 Å². The Morgan fingerprint density at radius 3 is 2.15 bits per heavy atom. The maximum atomic E-state index is 5.75. The molecule has 0 amide bonds. The van der Waals surface area contributed by atoms with Crippen LogP contribution in [-0.4, -0.2) is 31.6 Å². The first-order valence-corrected chi connectivity index (χ1v) is 5.24. The van der Waals surface area contributed by atoms with Crippen molar-refractivity contribution in [3.05, 3.63) is 0 Å². The van der Waals surface area contributed by atoms with E-state index < -0.39 is 0 Å². The predicted octanol–water partition coefficient (Wildman–Crippen LogP) is 2.09. The first-order valence-electron chi connectivity index (χ1n) is 5.24. The van der Waals surface area contributed by atoms with Crippen LogP contribution in [0.3, 0.4) is 0 Å². The van der Waals surface area contributed by atoms with E-state index in [9.17, 15) is 0 Å². The van der Waals surface area contributed by atoms with Crippen molar-refractivity contribution >= 4 is 0 Å². The molecule has 0 spiro atoms. The van der Waals surface area contributed by atoms with Gasteiger partial charge in [0.15, 0.2) is 0 Å². The average Bonchev–Trinajstić information content (AvgIpc) is 1.98. The molecule has 0 heterocycles. The topological polar surface area (TPSA) is 29.3 Å². The summed E-state index contributed by atoms with van der Waals surface area (Å²) in [7, 11) is 4.25. The average molecular weight is 186 g/mol. The molecule has 13 heavy (non-hydrogen) atoms.